The van der Waals surface area contributed by atoms with E-state index >= 15 is 0 Å². The highest BCUT2D eigenvalue weighted by Crippen LogP contribution is 2.36. The summed E-state index contributed by atoms with van der Waals surface area (Å²) in [5.41, 5.74) is -2.39. The van der Waals surface area contributed by atoms with Crippen LogP contribution in [0.25, 0.3) is 0 Å². The quantitative estimate of drug-likeness (QED) is 0.191. The van der Waals surface area contributed by atoms with Crippen LogP contribution in [0.1, 0.15) is 105 Å². The largest absolute Gasteiger partial charge is 0.416 e. The third-order valence-corrected chi connectivity index (χ3v) is 6.17. The predicted octanol–water partition coefficient (Wildman–Crippen LogP) is 8.65. The Morgan fingerprint density at radius 3 is 2.03 bits per heavy atom. The van der Waals surface area contributed by atoms with Gasteiger partial charge in [-0.15, -0.1) is 0 Å². The van der Waals surface area contributed by atoms with Gasteiger partial charge in [0.2, 0.25) is 11.8 Å². The average molecular weight is 537 g/mol. The first-order valence-corrected chi connectivity index (χ1v) is 13.4. The molecule has 0 heterocycles. The van der Waals surface area contributed by atoms with Crippen LogP contribution in [0.4, 0.5) is 27.6 Å². The number of benzene rings is 1. The lowest BCUT2D eigenvalue weighted by Crippen LogP contribution is -2.37. The zero-order chi connectivity index (χ0) is 28.8. The van der Waals surface area contributed by atoms with Gasteiger partial charge in [-0.05, 0) is 50.3 Å². The Labute approximate surface area is 219 Å². The van der Waals surface area contributed by atoms with Crippen LogP contribution in [0, 0.1) is 11.8 Å². The first kappa shape index (κ1) is 34.8. The topological polar surface area (TPSA) is 49.4 Å². The van der Waals surface area contributed by atoms with Gasteiger partial charge >= 0.3 is 6.18 Å². The molecule has 9 heteroatoms. The number of nitrogens with one attached hydrogen (secondary N) is 1. The van der Waals surface area contributed by atoms with Gasteiger partial charge in [0.05, 0.1) is 5.56 Å². The van der Waals surface area contributed by atoms with Crippen LogP contribution < -0.4 is 5.32 Å². The van der Waals surface area contributed by atoms with Crippen LogP contribution >= 0.6 is 0 Å². The predicted molar refractivity (Wildman–Crippen MR) is 140 cm³/mol. The highest BCUT2D eigenvalue weighted by atomic mass is 19.4. The number of carbonyl (C=O) groups excluding carboxylic acids is 2. The average Bonchev–Trinajstić information content (AvgIpc) is 2.82. The maximum Gasteiger partial charge on any atom is 0.416 e. The fraction of sp³-hybridized carbons (Fsp3) is 0.714. The molecule has 214 valence electrons. The number of anilines is 1. The van der Waals surface area contributed by atoms with E-state index in [1.54, 1.807) is 4.90 Å². The van der Waals surface area contributed by atoms with Crippen LogP contribution in [0.2, 0.25) is 0 Å². The summed E-state index contributed by atoms with van der Waals surface area (Å²) in [7, 11) is 0. The number of nitrogens with zero attached hydrogens (tertiary/aromatic N) is 1. The molecule has 0 bridgehead atoms. The molecule has 1 aromatic carbocycles. The molecule has 2 atom stereocenters. The van der Waals surface area contributed by atoms with Gasteiger partial charge in [-0.25, -0.2) is 8.78 Å². The lowest BCUT2D eigenvalue weighted by atomic mass is 9.96. The van der Waals surface area contributed by atoms with Crippen molar-refractivity contribution in [2.75, 3.05) is 18.4 Å². The first-order chi connectivity index (χ1) is 17.2. The smallest absolute Gasteiger partial charge is 0.343 e. The molecule has 37 heavy (non-hydrogen) atoms. The highest BCUT2D eigenvalue weighted by Gasteiger charge is 2.34. The summed E-state index contributed by atoms with van der Waals surface area (Å²) < 4.78 is 66.8. The Bertz CT molecular complexity index is 790. The molecule has 0 spiro atoms. The number of unbranched alkanes of at least 4 members (excludes halogenated alkanes) is 2. The second-order valence-corrected chi connectivity index (χ2v) is 9.35. The Morgan fingerprint density at radius 2 is 1.54 bits per heavy atom. The molecule has 1 N–H and O–H groups in total. The molecule has 4 nitrogen and oxygen atoms in total. The van der Waals surface area contributed by atoms with E-state index in [0.717, 1.165) is 38.2 Å². The van der Waals surface area contributed by atoms with Crippen molar-refractivity contribution >= 4 is 17.5 Å². The molecule has 0 fully saturated rings. The Balaban J connectivity index is 0.00000631. The van der Waals surface area contributed by atoms with Crippen molar-refractivity contribution in [3.05, 3.63) is 29.3 Å². The van der Waals surface area contributed by atoms with Crippen molar-refractivity contribution in [1.82, 2.24) is 4.90 Å². The van der Waals surface area contributed by atoms with Gasteiger partial charge in [0.1, 0.15) is 0 Å². The summed E-state index contributed by atoms with van der Waals surface area (Å²) in [4.78, 5) is 27.1. The molecule has 0 radical (unpaired) electrons. The fourth-order valence-electron chi connectivity index (χ4n) is 3.95. The van der Waals surface area contributed by atoms with Crippen molar-refractivity contribution < 1.29 is 31.5 Å². The standard InChI is InChI=1S/C26H39F5N2O2.C2H6/c1-6-9-10-11-19(7-2)24(35)33(8-3)13-12-18(4)14-23(34)32-22-16-20(25(5,27)28)15-21(17-22)26(29,30)31;1-2/h15-19H,6-14H2,1-5H3,(H,32,34);1-2H3. The van der Waals surface area contributed by atoms with Crippen LogP contribution in [0.15, 0.2) is 18.2 Å². The minimum absolute atomic E-state index is 0.00640. The third-order valence-electron chi connectivity index (χ3n) is 6.17. The second kappa shape index (κ2) is 16.6. The summed E-state index contributed by atoms with van der Waals surface area (Å²) in [5.74, 6) is -4.12. The zero-order valence-electron chi connectivity index (χ0n) is 23.4. The van der Waals surface area contributed by atoms with E-state index < -0.39 is 29.1 Å². The maximum absolute atomic E-state index is 13.7. The summed E-state index contributed by atoms with van der Waals surface area (Å²) >= 11 is 0. The second-order valence-electron chi connectivity index (χ2n) is 9.35. The third kappa shape index (κ3) is 12.7. The highest BCUT2D eigenvalue weighted by molar-refractivity contribution is 5.91. The summed E-state index contributed by atoms with van der Waals surface area (Å²) in [5, 5.41) is 2.33. The van der Waals surface area contributed by atoms with Crippen molar-refractivity contribution in [3.8, 4) is 0 Å². The minimum atomic E-state index is -4.82. The van der Waals surface area contributed by atoms with E-state index in [9.17, 15) is 31.5 Å². The number of carbonyl (C=O) groups is 2. The summed E-state index contributed by atoms with van der Waals surface area (Å²) in [6, 6.07) is 1.90. The molecule has 1 aromatic rings. The summed E-state index contributed by atoms with van der Waals surface area (Å²) in [6.45, 7) is 13.4. The van der Waals surface area contributed by atoms with Crippen LogP contribution in [0.5, 0.6) is 0 Å². The van der Waals surface area contributed by atoms with Gasteiger partial charge in [0.15, 0.2) is 0 Å². The Kier molecular flexibility index (Phi) is 15.6. The number of hydrogen-bond acceptors (Lipinski definition) is 2. The monoisotopic (exact) mass is 536 g/mol. The molecular weight excluding hydrogens is 491 g/mol. The fourth-order valence-corrected chi connectivity index (χ4v) is 3.95. The van der Waals surface area contributed by atoms with Gasteiger partial charge in [0.25, 0.3) is 5.92 Å². The number of hydrogen-bond donors (Lipinski definition) is 1. The molecule has 0 saturated carbocycles. The number of rotatable bonds is 14. The van der Waals surface area contributed by atoms with Gasteiger partial charge in [-0.3, -0.25) is 9.59 Å². The van der Waals surface area contributed by atoms with Crippen molar-refractivity contribution in [1.29, 1.82) is 0 Å². The van der Waals surface area contributed by atoms with Crippen molar-refractivity contribution in [2.45, 2.75) is 106 Å². The van der Waals surface area contributed by atoms with Crippen LogP contribution in [-0.4, -0.2) is 29.8 Å². The Morgan fingerprint density at radius 1 is 0.946 bits per heavy atom. The van der Waals surface area contributed by atoms with Gasteiger partial charge < -0.3 is 10.2 Å². The SMILES string of the molecule is CC.CCCCCC(CC)C(=O)N(CC)CCC(C)CC(=O)Nc1cc(C(C)(F)F)cc(C(F)(F)F)c1. The van der Waals surface area contributed by atoms with E-state index in [1.807, 2.05) is 34.6 Å². The minimum Gasteiger partial charge on any atom is -0.343 e. The lowest BCUT2D eigenvalue weighted by Gasteiger charge is -2.27. The zero-order valence-corrected chi connectivity index (χ0v) is 23.4. The molecule has 1 rings (SSSR count). The molecule has 0 saturated heterocycles. The molecule has 2 amide bonds. The van der Waals surface area contributed by atoms with E-state index in [1.165, 1.54) is 0 Å². The number of amides is 2. The molecule has 0 aliphatic heterocycles. The van der Waals surface area contributed by atoms with Crippen molar-refractivity contribution in [2.24, 2.45) is 11.8 Å². The summed E-state index contributed by atoms with van der Waals surface area (Å²) in [6.07, 6.45) is 0.524. The van der Waals surface area contributed by atoms with Gasteiger partial charge in [0, 0.05) is 43.6 Å². The van der Waals surface area contributed by atoms with Gasteiger partial charge in [-0.2, -0.15) is 13.2 Å². The van der Waals surface area contributed by atoms with E-state index in [-0.39, 0.29) is 29.9 Å². The molecule has 2 unspecified atom stereocenters. The molecule has 0 aliphatic rings. The van der Waals surface area contributed by atoms with Gasteiger partial charge in [-0.1, -0.05) is 53.9 Å². The Hall–Kier alpha value is -2.19. The van der Waals surface area contributed by atoms with E-state index in [0.29, 0.717) is 38.6 Å². The van der Waals surface area contributed by atoms with E-state index in [4.69, 9.17) is 0 Å². The molecule has 0 aliphatic carbocycles. The normalized spacial score (nSPS) is 13.3. The molecular formula is C28H45F5N2O2. The molecule has 0 aromatic heterocycles. The number of halogens is 5. The van der Waals surface area contributed by atoms with Crippen molar-refractivity contribution in [3.63, 3.8) is 0 Å². The number of alkyl halides is 5. The van der Waals surface area contributed by atoms with Crippen LogP contribution in [-0.2, 0) is 21.7 Å². The maximum atomic E-state index is 13.7. The first-order valence-electron chi connectivity index (χ1n) is 13.4. The lowest BCUT2D eigenvalue weighted by molar-refractivity contribution is -0.138. The van der Waals surface area contributed by atoms with E-state index in [2.05, 4.69) is 12.2 Å². The van der Waals surface area contributed by atoms with Crippen LogP contribution in [0.3, 0.4) is 0 Å².